The van der Waals surface area contributed by atoms with Crippen LogP contribution in [0.2, 0.25) is 0 Å². The lowest BCUT2D eigenvalue weighted by atomic mass is 9.81. The first-order valence-corrected chi connectivity index (χ1v) is 10.3. The summed E-state index contributed by atoms with van der Waals surface area (Å²) >= 11 is 0. The second-order valence-electron chi connectivity index (χ2n) is 7.62. The highest BCUT2D eigenvalue weighted by molar-refractivity contribution is 6.32. The van der Waals surface area contributed by atoms with Gasteiger partial charge in [0.2, 0.25) is 0 Å². The number of benzene rings is 4. The number of ketones is 2. The summed E-state index contributed by atoms with van der Waals surface area (Å²) in [4.78, 5) is 38.7. The van der Waals surface area contributed by atoms with Crippen molar-refractivity contribution in [1.29, 1.82) is 0 Å². The smallest absolute Gasteiger partial charge is 0.335 e. The summed E-state index contributed by atoms with van der Waals surface area (Å²) in [6, 6.07) is 26.2. The number of anilines is 4. The topological polar surface area (TPSA) is 95.5 Å². The average molecular weight is 434 g/mol. The Morgan fingerprint density at radius 3 is 1.58 bits per heavy atom. The summed E-state index contributed by atoms with van der Waals surface area (Å²) in [7, 11) is 0. The Morgan fingerprint density at radius 1 is 0.606 bits per heavy atom. The molecule has 1 aliphatic carbocycles. The number of hydrogen-bond donors (Lipinski definition) is 3. The number of carbonyl (C=O) groups excluding carboxylic acids is 2. The standard InChI is InChI=1S/C27H18N2O4/c30-25-19-12-11-16(27(32)33)15-20(19)26(31)24-22(29-18-9-5-2-6-10-18)14-13-21(23(24)25)28-17-7-3-1-4-8-17/h1-15,28-29H,(H,32,33). The van der Waals surface area contributed by atoms with Gasteiger partial charge in [-0.15, -0.1) is 0 Å². The number of fused-ring (bicyclic) bond motifs is 2. The van der Waals surface area contributed by atoms with Crippen molar-refractivity contribution in [2.75, 3.05) is 10.6 Å². The molecule has 0 bridgehead atoms. The molecule has 6 heteroatoms. The molecular formula is C27H18N2O4. The first-order valence-electron chi connectivity index (χ1n) is 10.3. The molecule has 0 aromatic heterocycles. The van der Waals surface area contributed by atoms with Gasteiger partial charge in [-0.2, -0.15) is 0 Å². The average Bonchev–Trinajstić information content (AvgIpc) is 2.84. The molecule has 0 aliphatic heterocycles. The van der Waals surface area contributed by atoms with E-state index in [9.17, 15) is 19.5 Å². The predicted molar refractivity (Wildman–Crippen MR) is 126 cm³/mol. The Labute approximate surface area is 189 Å². The van der Waals surface area contributed by atoms with Gasteiger partial charge in [-0.1, -0.05) is 36.4 Å². The highest BCUT2D eigenvalue weighted by Gasteiger charge is 2.34. The summed E-state index contributed by atoms with van der Waals surface area (Å²) in [6.45, 7) is 0. The number of hydrogen-bond acceptors (Lipinski definition) is 5. The van der Waals surface area contributed by atoms with Gasteiger partial charge >= 0.3 is 5.97 Å². The third-order valence-electron chi connectivity index (χ3n) is 5.52. The Hall–Kier alpha value is -4.71. The van der Waals surface area contributed by atoms with Gasteiger partial charge in [0, 0.05) is 22.5 Å². The zero-order valence-electron chi connectivity index (χ0n) is 17.3. The fourth-order valence-electron chi connectivity index (χ4n) is 3.97. The van der Waals surface area contributed by atoms with Crippen LogP contribution >= 0.6 is 0 Å². The van der Waals surface area contributed by atoms with E-state index in [4.69, 9.17) is 0 Å². The van der Waals surface area contributed by atoms with Crippen molar-refractivity contribution in [3.05, 3.63) is 119 Å². The van der Waals surface area contributed by atoms with Crippen LogP contribution in [0.3, 0.4) is 0 Å². The van der Waals surface area contributed by atoms with E-state index in [-0.39, 0.29) is 33.6 Å². The van der Waals surface area contributed by atoms with Crippen molar-refractivity contribution in [1.82, 2.24) is 0 Å². The van der Waals surface area contributed by atoms with Crippen LogP contribution < -0.4 is 10.6 Å². The van der Waals surface area contributed by atoms with Gasteiger partial charge in [0.25, 0.3) is 0 Å². The molecule has 4 aromatic rings. The maximum absolute atomic E-state index is 13.6. The molecule has 5 rings (SSSR count). The van der Waals surface area contributed by atoms with E-state index in [0.717, 1.165) is 11.4 Å². The number of para-hydroxylation sites is 2. The van der Waals surface area contributed by atoms with Crippen molar-refractivity contribution in [2.45, 2.75) is 0 Å². The van der Waals surface area contributed by atoms with Crippen LogP contribution in [0.5, 0.6) is 0 Å². The molecular weight excluding hydrogens is 416 g/mol. The van der Waals surface area contributed by atoms with Gasteiger partial charge in [-0.05, 0) is 54.6 Å². The van der Waals surface area contributed by atoms with E-state index in [1.807, 2.05) is 60.7 Å². The van der Waals surface area contributed by atoms with Crippen LogP contribution in [-0.2, 0) is 0 Å². The quantitative estimate of drug-likeness (QED) is 0.331. The molecule has 0 saturated carbocycles. The molecule has 4 aromatic carbocycles. The van der Waals surface area contributed by atoms with Gasteiger partial charge in [0.05, 0.1) is 28.1 Å². The summed E-state index contributed by atoms with van der Waals surface area (Å²) in [6.07, 6.45) is 0. The zero-order valence-corrected chi connectivity index (χ0v) is 17.3. The summed E-state index contributed by atoms with van der Waals surface area (Å²) < 4.78 is 0. The third-order valence-corrected chi connectivity index (χ3v) is 5.52. The van der Waals surface area contributed by atoms with E-state index in [2.05, 4.69) is 10.6 Å². The van der Waals surface area contributed by atoms with Crippen molar-refractivity contribution in [3.63, 3.8) is 0 Å². The summed E-state index contributed by atoms with van der Waals surface area (Å²) in [5.74, 6) is -1.91. The fraction of sp³-hybridized carbons (Fsp3) is 0. The molecule has 0 amide bonds. The Morgan fingerprint density at radius 2 is 1.09 bits per heavy atom. The predicted octanol–water partition coefficient (Wildman–Crippen LogP) is 5.65. The molecule has 0 heterocycles. The lowest BCUT2D eigenvalue weighted by molar-refractivity contribution is 0.0696. The fourth-order valence-corrected chi connectivity index (χ4v) is 3.97. The maximum Gasteiger partial charge on any atom is 0.335 e. The highest BCUT2D eigenvalue weighted by atomic mass is 16.4. The first kappa shape index (κ1) is 20.2. The van der Waals surface area contributed by atoms with Crippen LogP contribution in [0, 0.1) is 0 Å². The van der Waals surface area contributed by atoms with Gasteiger partial charge in [-0.3, -0.25) is 9.59 Å². The summed E-state index contributed by atoms with van der Waals surface area (Å²) in [5.41, 5.74) is 3.19. The second kappa shape index (κ2) is 8.09. The molecule has 0 radical (unpaired) electrons. The number of carboxylic acids is 1. The SMILES string of the molecule is O=C(O)c1ccc2c(c1)C(=O)c1c(Nc3ccccc3)ccc(Nc3ccccc3)c1C2=O. The molecule has 0 spiro atoms. The van der Waals surface area contributed by atoms with Gasteiger partial charge in [0.1, 0.15) is 0 Å². The Balaban J connectivity index is 1.69. The number of carboxylic acid groups (broad SMARTS) is 1. The van der Waals surface area contributed by atoms with E-state index in [1.165, 1.54) is 18.2 Å². The van der Waals surface area contributed by atoms with Gasteiger partial charge in [0.15, 0.2) is 11.6 Å². The largest absolute Gasteiger partial charge is 0.478 e. The van der Waals surface area contributed by atoms with E-state index >= 15 is 0 Å². The number of nitrogens with one attached hydrogen (secondary N) is 2. The molecule has 0 unspecified atom stereocenters. The van der Waals surface area contributed by atoms with Crippen molar-refractivity contribution < 1.29 is 19.5 Å². The lowest BCUT2D eigenvalue weighted by Crippen LogP contribution is -2.24. The van der Waals surface area contributed by atoms with Crippen LogP contribution in [-0.4, -0.2) is 22.6 Å². The van der Waals surface area contributed by atoms with Crippen LogP contribution in [0.15, 0.2) is 91.0 Å². The van der Waals surface area contributed by atoms with Crippen LogP contribution in [0.4, 0.5) is 22.7 Å². The van der Waals surface area contributed by atoms with Gasteiger partial charge < -0.3 is 15.7 Å². The normalized spacial score (nSPS) is 12.0. The minimum atomic E-state index is -1.16. The first-order chi connectivity index (χ1) is 16.0. The molecule has 33 heavy (non-hydrogen) atoms. The number of carbonyl (C=O) groups is 3. The summed E-state index contributed by atoms with van der Waals surface area (Å²) in [5, 5.41) is 15.8. The Kier molecular flexibility index (Phi) is 4.95. The van der Waals surface area contributed by atoms with Crippen LogP contribution in [0.1, 0.15) is 42.2 Å². The lowest BCUT2D eigenvalue weighted by Gasteiger charge is -2.24. The minimum Gasteiger partial charge on any atom is -0.478 e. The maximum atomic E-state index is 13.6. The molecule has 1 aliphatic rings. The van der Waals surface area contributed by atoms with E-state index in [0.29, 0.717) is 11.4 Å². The van der Waals surface area contributed by atoms with Crippen molar-refractivity contribution in [2.24, 2.45) is 0 Å². The minimum absolute atomic E-state index is 0.0468. The van der Waals surface area contributed by atoms with Crippen molar-refractivity contribution in [3.8, 4) is 0 Å². The molecule has 6 nitrogen and oxygen atoms in total. The van der Waals surface area contributed by atoms with E-state index in [1.54, 1.807) is 12.1 Å². The molecule has 0 saturated heterocycles. The van der Waals surface area contributed by atoms with E-state index < -0.39 is 11.8 Å². The highest BCUT2D eigenvalue weighted by Crippen LogP contribution is 2.38. The van der Waals surface area contributed by atoms with Crippen LogP contribution in [0.25, 0.3) is 0 Å². The molecule has 160 valence electrons. The third kappa shape index (κ3) is 3.64. The number of rotatable bonds is 5. The second-order valence-corrected chi connectivity index (χ2v) is 7.62. The van der Waals surface area contributed by atoms with Gasteiger partial charge in [-0.25, -0.2) is 4.79 Å². The Bertz CT molecular complexity index is 1410. The molecule has 3 N–H and O–H groups in total. The van der Waals surface area contributed by atoms with Crippen molar-refractivity contribution >= 4 is 40.3 Å². The number of aromatic carboxylic acids is 1. The zero-order chi connectivity index (χ0) is 22.9. The molecule has 0 atom stereocenters. The monoisotopic (exact) mass is 434 g/mol. The molecule has 0 fully saturated rings.